The number of hydrogen-bond acceptors (Lipinski definition) is 5. The van der Waals surface area contributed by atoms with Crippen molar-refractivity contribution in [3.8, 4) is 11.3 Å². The second kappa shape index (κ2) is 7.09. The summed E-state index contributed by atoms with van der Waals surface area (Å²) < 4.78 is 30.7. The highest BCUT2D eigenvalue weighted by molar-refractivity contribution is 7.88. The van der Waals surface area contributed by atoms with Crippen LogP contribution in [0, 0.1) is 11.8 Å². The van der Waals surface area contributed by atoms with E-state index in [-0.39, 0.29) is 17.9 Å². The summed E-state index contributed by atoms with van der Waals surface area (Å²) in [5.74, 6) is 0.676. The van der Waals surface area contributed by atoms with Gasteiger partial charge in [-0.1, -0.05) is 41.9 Å². The third-order valence-corrected chi connectivity index (χ3v) is 6.94. The second-order valence-electron chi connectivity index (χ2n) is 7.45. The highest BCUT2D eigenvalue weighted by Gasteiger charge is 2.43. The molecule has 2 heterocycles. The van der Waals surface area contributed by atoms with E-state index in [1.807, 2.05) is 30.3 Å². The molecule has 1 amide bonds. The van der Waals surface area contributed by atoms with Crippen LogP contribution in [-0.4, -0.2) is 49.2 Å². The van der Waals surface area contributed by atoms with Gasteiger partial charge in [0, 0.05) is 24.7 Å². The van der Waals surface area contributed by atoms with E-state index in [2.05, 4.69) is 10.5 Å². The number of nitrogens with one attached hydrogen (secondary N) is 1. The van der Waals surface area contributed by atoms with Gasteiger partial charge in [0.2, 0.25) is 10.0 Å². The fourth-order valence-corrected chi connectivity index (χ4v) is 5.23. The van der Waals surface area contributed by atoms with Crippen molar-refractivity contribution < 1.29 is 17.7 Å². The molecule has 1 N–H and O–H groups in total. The molecular formula is C19H23N3O4S. The lowest BCUT2D eigenvalue weighted by atomic mass is 9.78. The Kier molecular flexibility index (Phi) is 4.77. The van der Waals surface area contributed by atoms with Crippen molar-refractivity contribution in [2.24, 2.45) is 11.8 Å². The summed E-state index contributed by atoms with van der Waals surface area (Å²) >= 11 is 0. The molecule has 3 atom stereocenters. The fourth-order valence-electron chi connectivity index (χ4n) is 4.33. The molecule has 7 nitrogen and oxygen atoms in total. The molecule has 8 heteroatoms. The van der Waals surface area contributed by atoms with Crippen LogP contribution >= 0.6 is 0 Å². The lowest BCUT2D eigenvalue weighted by Gasteiger charge is -2.33. The van der Waals surface area contributed by atoms with Gasteiger partial charge in [0.1, 0.15) is 5.56 Å². The number of carbonyl (C=O) groups is 1. The zero-order valence-corrected chi connectivity index (χ0v) is 16.0. The van der Waals surface area contributed by atoms with Crippen molar-refractivity contribution in [1.82, 2.24) is 14.8 Å². The molecule has 27 heavy (non-hydrogen) atoms. The first-order valence-electron chi connectivity index (χ1n) is 9.19. The average Bonchev–Trinajstić information content (AvgIpc) is 3.30. The highest BCUT2D eigenvalue weighted by Crippen LogP contribution is 2.37. The third-order valence-electron chi connectivity index (χ3n) is 5.70. The number of sulfonamides is 1. The molecule has 0 bridgehead atoms. The molecule has 2 aliphatic rings. The van der Waals surface area contributed by atoms with Gasteiger partial charge in [0.25, 0.3) is 5.91 Å². The summed E-state index contributed by atoms with van der Waals surface area (Å²) in [5.41, 5.74) is 1.20. The zero-order chi connectivity index (χ0) is 19.0. The predicted molar refractivity (Wildman–Crippen MR) is 100 cm³/mol. The van der Waals surface area contributed by atoms with Gasteiger partial charge in [-0.05, 0) is 24.7 Å². The molecule has 2 aromatic rings. The second-order valence-corrected chi connectivity index (χ2v) is 9.43. The van der Waals surface area contributed by atoms with Gasteiger partial charge in [0.15, 0.2) is 5.76 Å². The van der Waals surface area contributed by atoms with Gasteiger partial charge < -0.3 is 9.84 Å². The molecule has 0 radical (unpaired) electrons. The molecule has 2 fully saturated rings. The molecule has 1 aromatic heterocycles. The topological polar surface area (TPSA) is 92.5 Å². The normalized spacial score (nSPS) is 25.9. The van der Waals surface area contributed by atoms with Gasteiger partial charge in [-0.3, -0.25) is 4.79 Å². The number of fused-ring (bicyclic) bond motifs is 1. The predicted octanol–water partition coefficient (Wildman–Crippen LogP) is 2.13. The number of aromatic nitrogens is 1. The van der Waals surface area contributed by atoms with E-state index in [4.69, 9.17) is 4.52 Å². The van der Waals surface area contributed by atoms with Crippen molar-refractivity contribution in [3.05, 3.63) is 42.1 Å². The summed E-state index contributed by atoms with van der Waals surface area (Å²) in [6.45, 7) is 1.03. The monoisotopic (exact) mass is 389 g/mol. The largest absolute Gasteiger partial charge is 0.355 e. The Morgan fingerprint density at radius 2 is 2.00 bits per heavy atom. The molecule has 0 spiro atoms. The van der Waals surface area contributed by atoms with Gasteiger partial charge in [-0.2, -0.15) is 0 Å². The molecule has 1 aromatic carbocycles. The quantitative estimate of drug-likeness (QED) is 0.865. The van der Waals surface area contributed by atoms with Crippen LogP contribution in [0.5, 0.6) is 0 Å². The van der Waals surface area contributed by atoms with Crippen LogP contribution in [-0.2, 0) is 10.0 Å². The Hall–Kier alpha value is -2.19. The standard InChI is InChI=1S/C19H23N3O4S/c1-27(24,25)22-11-14-8-5-9-17(16(14)12-22)21-19(23)15-10-20-26-18(15)13-6-3-2-4-7-13/h2-4,6-7,10,14,16-17H,5,8-9,11-12H2,1H3,(H,21,23)/t14-,16+,17-/m0/s1. The first-order chi connectivity index (χ1) is 12.9. The number of benzene rings is 1. The molecule has 1 saturated carbocycles. The van der Waals surface area contributed by atoms with Crippen LogP contribution in [0.15, 0.2) is 41.1 Å². The van der Waals surface area contributed by atoms with Crippen LogP contribution in [0.3, 0.4) is 0 Å². The van der Waals surface area contributed by atoms with Crippen LogP contribution in [0.25, 0.3) is 11.3 Å². The minimum Gasteiger partial charge on any atom is -0.355 e. The smallest absolute Gasteiger partial charge is 0.257 e. The van der Waals surface area contributed by atoms with Crippen LogP contribution in [0.1, 0.15) is 29.6 Å². The molecule has 1 aliphatic heterocycles. The molecule has 0 unspecified atom stereocenters. The van der Waals surface area contributed by atoms with Gasteiger partial charge >= 0.3 is 0 Å². The van der Waals surface area contributed by atoms with E-state index in [9.17, 15) is 13.2 Å². The van der Waals surface area contributed by atoms with E-state index in [1.54, 1.807) is 4.31 Å². The fraction of sp³-hybridized carbons (Fsp3) is 0.474. The number of hydrogen-bond donors (Lipinski definition) is 1. The Balaban J connectivity index is 1.51. The average molecular weight is 389 g/mol. The first kappa shape index (κ1) is 18.2. The number of carbonyl (C=O) groups excluding carboxylic acids is 1. The maximum Gasteiger partial charge on any atom is 0.257 e. The minimum absolute atomic E-state index is 0.0403. The highest BCUT2D eigenvalue weighted by atomic mass is 32.2. The molecule has 1 aliphatic carbocycles. The Morgan fingerprint density at radius 3 is 2.74 bits per heavy atom. The van der Waals surface area contributed by atoms with E-state index in [1.165, 1.54) is 12.5 Å². The maximum absolute atomic E-state index is 12.9. The van der Waals surface area contributed by atoms with Crippen LogP contribution in [0.4, 0.5) is 0 Å². The molecular weight excluding hydrogens is 366 g/mol. The lowest BCUT2D eigenvalue weighted by molar-refractivity contribution is 0.0897. The van der Waals surface area contributed by atoms with Gasteiger partial charge in [-0.15, -0.1) is 0 Å². The van der Waals surface area contributed by atoms with Gasteiger partial charge in [0.05, 0.1) is 12.5 Å². The molecule has 144 valence electrons. The van der Waals surface area contributed by atoms with Crippen molar-refractivity contribution in [2.45, 2.75) is 25.3 Å². The SMILES string of the molecule is CS(=O)(=O)N1C[C@@H]2CCC[C@H](NC(=O)c3cnoc3-c3ccccc3)[C@@H]2C1. The summed E-state index contributed by atoms with van der Waals surface area (Å²) in [7, 11) is -3.20. The molecule has 1 saturated heterocycles. The van der Waals surface area contributed by atoms with Crippen LogP contribution < -0.4 is 5.32 Å². The minimum atomic E-state index is -3.20. The first-order valence-corrected chi connectivity index (χ1v) is 11.0. The summed E-state index contributed by atoms with van der Waals surface area (Å²) in [5, 5.41) is 6.91. The molecule has 4 rings (SSSR count). The van der Waals surface area contributed by atoms with Crippen molar-refractivity contribution in [2.75, 3.05) is 19.3 Å². The summed E-state index contributed by atoms with van der Waals surface area (Å²) in [6, 6.07) is 9.35. The number of rotatable bonds is 4. The van der Waals surface area contributed by atoms with E-state index >= 15 is 0 Å². The van der Waals surface area contributed by atoms with Crippen molar-refractivity contribution >= 4 is 15.9 Å². The number of nitrogens with zero attached hydrogens (tertiary/aromatic N) is 2. The maximum atomic E-state index is 12.9. The van der Waals surface area contributed by atoms with Crippen molar-refractivity contribution in [1.29, 1.82) is 0 Å². The van der Waals surface area contributed by atoms with E-state index in [0.717, 1.165) is 24.8 Å². The number of amides is 1. The third kappa shape index (κ3) is 3.64. The lowest BCUT2D eigenvalue weighted by Crippen LogP contribution is -2.45. The Morgan fingerprint density at radius 1 is 1.22 bits per heavy atom. The summed E-state index contributed by atoms with van der Waals surface area (Å²) in [6.07, 6.45) is 5.54. The zero-order valence-electron chi connectivity index (χ0n) is 15.2. The van der Waals surface area contributed by atoms with E-state index in [0.29, 0.717) is 30.3 Å². The van der Waals surface area contributed by atoms with Crippen molar-refractivity contribution in [3.63, 3.8) is 0 Å². The Labute approximate surface area is 158 Å². The van der Waals surface area contributed by atoms with Crippen LogP contribution in [0.2, 0.25) is 0 Å². The Bertz CT molecular complexity index is 925. The summed E-state index contributed by atoms with van der Waals surface area (Å²) in [4.78, 5) is 12.9. The van der Waals surface area contributed by atoms with Gasteiger partial charge in [-0.25, -0.2) is 12.7 Å². The van der Waals surface area contributed by atoms with E-state index < -0.39 is 10.0 Å².